The van der Waals surface area contributed by atoms with Crippen LogP contribution >= 0.6 is 0 Å². The van der Waals surface area contributed by atoms with E-state index in [1.165, 1.54) is 4.90 Å². The third-order valence-corrected chi connectivity index (χ3v) is 5.18. The molecule has 0 aliphatic carbocycles. The van der Waals surface area contributed by atoms with Crippen molar-refractivity contribution in [1.29, 1.82) is 0 Å². The fourth-order valence-electron chi connectivity index (χ4n) is 3.77. The predicted molar refractivity (Wildman–Crippen MR) is 116 cm³/mol. The van der Waals surface area contributed by atoms with Crippen LogP contribution in [0.15, 0.2) is 84.7 Å². The van der Waals surface area contributed by atoms with Crippen LogP contribution in [0.25, 0.3) is 5.76 Å². The van der Waals surface area contributed by atoms with E-state index in [0.717, 1.165) is 11.1 Å². The normalized spacial score (nSPS) is 17.7. The SMILES string of the molecule is CCOc1cccc(C(O)=C2C(=O)C(=O)N(Cc3ccncc3)[C@@H]2c2ccccc2)c1. The number of hydrogen-bond acceptors (Lipinski definition) is 5. The highest BCUT2D eigenvalue weighted by atomic mass is 16.5. The fourth-order valence-corrected chi connectivity index (χ4v) is 3.77. The Bertz CT molecular complexity index is 1130. The van der Waals surface area contributed by atoms with Crippen LogP contribution < -0.4 is 4.74 Å². The van der Waals surface area contributed by atoms with E-state index in [-0.39, 0.29) is 17.9 Å². The average Bonchev–Trinajstić information content (AvgIpc) is 3.05. The molecule has 156 valence electrons. The summed E-state index contributed by atoms with van der Waals surface area (Å²) in [6.45, 7) is 2.57. The predicted octanol–water partition coefficient (Wildman–Crippen LogP) is 4.10. The van der Waals surface area contributed by atoms with Crippen molar-refractivity contribution in [3.63, 3.8) is 0 Å². The molecule has 0 saturated carbocycles. The van der Waals surface area contributed by atoms with Crippen molar-refractivity contribution >= 4 is 17.4 Å². The van der Waals surface area contributed by atoms with E-state index in [9.17, 15) is 14.7 Å². The Morgan fingerprint density at radius 2 is 1.77 bits per heavy atom. The minimum atomic E-state index is -0.706. The molecule has 1 aliphatic rings. The van der Waals surface area contributed by atoms with Crippen molar-refractivity contribution in [2.24, 2.45) is 0 Å². The third-order valence-electron chi connectivity index (χ3n) is 5.18. The molecular formula is C25H22N2O4. The lowest BCUT2D eigenvalue weighted by atomic mass is 9.95. The molecule has 1 saturated heterocycles. The molecule has 4 rings (SSSR count). The second kappa shape index (κ2) is 8.83. The van der Waals surface area contributed by atoms with Crippen molar-refractivity contribution in [3.8, 4) is 5.75 Å². The maximum Gasteiger partial charge on any atom is 0.295 e. The summed E-state index contributed by atoms with van der Waals surface area (Å²) in [7, 11) is 0. The third kappa shape index (κ3) is 4.05. The number of aromatic nitrogens is 1. The van der Waals surface area contributed by atoms with Gasteiger partial charge in [0.05, 0.1) is 18.2 Å². The van der Waals surface area contributed by atoms with Crippen molar-refractivity contribution in [3.05, 3.63) is 101 Å². The van der Waals surface area contributed by atoms with Gasteiger partial charge in [0, 0.05) is 24.5 Å². The first-order chi connectivity index (χ1) is 15.1. The lowest BCUT2D eigenvalue weighted by Gasteiger charge is -2.25. The highest BCUT2D eigenvalue weighted by Gasteiger charge is 2.46. The minimum Gasteiger partial charge on any atom is -0.507 e. The van der Waals surface area contributed by atoms with E-state index in [1.807, 2.05) is 37.3 Å². The zero-order chi connectivity index (χ0) is 21.8. The van der Waals surface area contributed by atoms with Gasteiger partial charge in [0.1, 0.15) is 11.5 Å². The monoisotopic (exact) mass is 414 g/mol. The molecule has 2 aromatic carbocycles. The molecule has 0 radical (unpaired) electrons. The van der Waals surface area contributed by atoms with E-state index in [4.69, 9.17) is 4.74 Å². The molecule has 3 aromatic rings. The molecule has 1 atom stereocenters. The quantitative estimate of drug-likeness (QED) is 0.373. The number of hydrogen-bond donors (Lipinski definition) is 1. The smallest absolute Gasteiger partial charge is 0.295 e. The first-order valence-corrected chi connectivity index (χ1v) is 10.1. The second-order valence-corrected chi connectivity index (χ2v) is 7.15. The summed E-state index contributed by atoms with van der Waals surface area (Å²) in [5.41, 5.74) is 2.09. The van der Waals surface area contributed by atoms with Gasteiger partial charge in [-0.15, -0.1) is 0 Å². The number of nitrogens with zero attached hydrogens (tertiary/aromatic N) is 2. The van der Waals surface area contributed by atoms with Gasteiger partial charge in [-0.3, -0.25) is 14.6 Å². The number of ketones is 1. The van der Waals surface area contributed by atoms with Gasteiger partial charge in [0.2, 0.25) is 0 Å². The van der Waals surface area contributed by atoms with E-state index in [2.05, 4.69) is 4.98 Å². The standard InChI is InChI=1S/C25H22N2O4/c1-2-31-20-10-6-9-19(15-20)23(28)21-22(18-7-4-3-5-8-18)27(25(30)24(21)29)16-17-11-13-26-14-12-17/h3-15,22,28H,2,16H2,1H3/t22-/m1/s1. The summed E-state index contributed by atoms with van der Waals surface area (Å²) >= 11 is 0. The summed E-state index contributed by atoms with van der Waals surface area (Å²) in [6.07, 6.45) is 3.28. The number of aliphatic hydroxyl groups excluding tert-OH is 1. The Balaban J connectivity index is 1.83. The lowest BCUT2D eigenvalue weighted by Crippen LogP contribution is -2.29. The lowest BCUT2D eigenvalue weighted by molar-refractivity contribution is -0.140. The Kier molecular flexibility index (Phi) is 5.80. The Morgan fingerprint density at radius 1 is 1.03 bits per heavy atom. The van der Waals surface area contributed by atoms with Gasteiger partial charge in [-0.25, -0.2) is 0 Å². The molecule has 6 heteroatoms. The van der Waals surface area contributed by atoms with E-state index in [0.29, 0.717) is 17.9 Å². The van der Waals surface area contributed by atoms with Gasteiger partial charge in [-0.1, -0.05) is 42.5 Å². The van der Waals surface area contributed by atoms with Crippen LogP contribution in [0.3, 0.4) is 0 Å². The number of likely N-dealkylation sites (tertiary alicyclic amines) is 1. The van der Waals surface area contributed by atoms with Gasteiger partial charge >= 0.3 is 0 Å². The number of amides is 1. The number of Topliss-reactive ketones (excluding diaryl/α,β-unsaturated/α-hetero) is 1. The highest BCUT2D eigenvalue weighted by Crippen LogP contribution is 2.40. The van der Waals surface area contributed by atoms with Crippen LogP contribution in [-0.4, -0.2) is 33.3 Å². The topological polar surface area (TPSA) is 79.7 Å². The first kappa shape index (κ1) is 20.3. The Hall–Kier alpha value is -3.93. The van der Waals surface area contributed by atoms with Crippen LogP contribution in [0.4, 0.5) is 0 Å². The van der Waals surface area contributed by atoms with Crippen LogP contribution in [0.1, 0.15) is 29.7 Å². The number of carbonyl (C=O) groups is 2. The average molecular weight is 414 g/mol. The number of carbonyl (C=O) groups excluding carboxylic acids is 2. The second-order valence-electron chi connectivity index (χ2n) is 7.15. The molecule has 2 heterocycles. The summed E-state index contributed by atoms with van der Waals surface area (Å²) < 4.78 is 5.52. The minimum absolute atomic E-state index is 0.0684. The summed E-state index contributed by atoms with van der Waals surface area (Å²) in [5, 5.41) is 11.1. The van der Waals surface area contributed by atoms with Gasteiger partial charge in [-0.2, -0.15) is 0 Å². The molecule has 1 fully saturated rings. The van der Waals surface area contributed by atoms with Gasteiger partial charge < -0.3 is 14.7 Å². The first-order valence-electron chi connectivity index (χ1n) is 10.1. The summed E-state index contributed by atoms with van der Waals surface area (Å²) in [5.74, 6) is -0.991. The summed E-state index contributed by atoms with van der Waals surface area (Å²) in [6, 6.07) is 19.0. The van der Waals surface area contributed by atoms with Crippen LogP contribution in [0, 0.1) is 0 Å². The van der Waals surface area contributed by atoms with Crippen molar-refractivity contribution in [2.75, 3.05) is 6.61 Å². The summed E-state index contributed by atoms with van der Waals surface area (Å²) in [4.78, 5) is 31.6. The fraction of sp³-hybridized carbons (Fsp3) is 0.160. The van der Waals surface area contributed by atoms with Crippen LogP contribution in [0.2, 0.25) is 0 Å². The number of ether oxygens (including phenoxy) is 1. The number of aliphatic hydroxyl groups is 1. The van der Waals surface area contributed by atoms with E-state index < -0.39 is 17.7 Å². The number of rotatable bonds is 6. The number of pyridine rings is 1. The van der Waals surface area contributed by atoms with Gasteiger partial charge in [0.15, 0.2) is 0 Å². The molecule has 0 unspecified atom stereocenters. The zero-order valence-corrected chi connectivity index (χ0v) is 17.1. The Morgan fingerprint density at radius 3 is 2.48 bits per heavy atom. The zero-order valence-electron chi connectivity index (χ0n) is 17.1. The van der Waals surface area contributed by atoms with E-state index in [1.54, 1.807) is 48.8 Å². The maximum absolute atomic E-state index is 13.1. The number of benzene rings is 2. The molecule has 1 N–H and O–H groups in total. The highest BCUT2D eigenvalue weighted by molar-refractivity contribution is 6.46. The van der Waals surface area contributed by atoms with Crippen molar-refractivity contribution in [2.45, 2.75) is 19.5 Å². The molecule has 1 amide bonds. The maximum atomic E-state index is 13.1. The molecule has 0 spiro atoms. The van der Waals surface area contributed by atoms with Gasteiger partial charge in [0.25, 0.3) is 11.7 Å². The van der Waals surface area contributed by atoms with Crippen LogP contribution in [0.5, 0.6) is 5.75 Å². The molecule has 1 aromatic heterocycles. The molecule has 0 bridgehead atoms. The van der Waals surface area contributed by atoms with Crippen LogP contribution in [-0.2, 0) is 16.1 Å². The molecular weight excluding hydrogens is 392 g/mol. The molecule has 1 aliphatic heterocycles. The van der Waals surface area contributed by atoms with Crippen molar-refractivity contribution in [1.82, 2.24) is 9.88 Å². The Labute approximate surface area is 180 Å². The molecule has 6 nitrogen and oxygen atoms in total. The van der Waals surface area contributed by atoms with Gasteiger partial charge in [-0.05, 0) is 42.3 Å². The molecule has 31 heavy (non-hydrogen) atoms. The van der Waals surface area contributed by atoms with Crippen molar-refractivity contribution < 1.29 is 19.4 Å². The largest absolute Gasteiger partial charge is 0.507 e. The van der Waals surface area contributed by atoms with E-state index >= 15 is 0 Å².